The van der Waals surface area contributed by atoms with E-state index < -0.39 is 0 Å². The summed E-state index contributed by atoms with van der Waals surface area (Å²) in [7, 11) is 0. The van der Waals surface area contributed by atoms with Crippen molar-refractivity contribution in [2.75, 3.05) is 24.1 Å². The number of anilines is 2. The first-order valence-electron chi connectivity index (χ1n) is 10.5. The predicted molar refractivity (Wildman–Crippen MR) is 126 cm³/mol. The second-order valence-electron chi connectivity index (χ2n) is 7.75. The normalized spacial score (nSPS) is 16.2. The van der Waals surface area contributed by atoms with Crippen LogP contribution in [0, 0.1) is 0 Å². The third-order valence-corrected chi connectivity index (χ3v) is 5.93. The number of nitrogens with zero attached hydrogens (tertiary/aromatic N) is 4. The molecule has 32 heavy (non-hydrogen) atoms. The summed E-state index contributed by atoms with van der Waals surface area (Å²) < 4.78 is 1.97. The molecule has 4 aromatic rings. The number of hydrogen-bond donors (Lipinski definition) is 3. The van der Waals surface area contributed by atoms with Gasteiger partial charge in [-0.15, -0.1) is 0 Å². The van der Waals surface area contributed by atoms with Gasteiger partial charge in [0, 0.05) is 23.9 Å². The number of carbonyl (C=O) groups excluding carboxylic acids is 1. The smallest absolute Gasteiger partial charge is 0.256 e. The van der Waals surface area contributed by atoms with Crippen molar-refractivity contribution in [3.8, 4) is 11.3 Å². The molecule has 1 aromatic carbocycles. The van der Waals surface area contributed by atoms with Crippen LogP contribution in [0.25, 0.3) is 22.2 Å². The van der Waals surface area contributed by atoms with Gasteiger partial charge in [-0.1, -0.05) is 29.8 Å². The molecular formula is C23H22ClN7O. The largest absolute Gasteiger partial charge is 0.383 e. The highest BCUT2D eigenvalue weighted by atomic mass is 35.5. The molecule has 1 amide bonds. The van der Waals surface area contributed by atoms with Crippen LogP contribution in [0.5, 0.6) is 0 Å². The van der Waals surface area contributed by atoms with Crippen molar-refractivity contribution in [3.63, 3.8) is 0 Å². The zero-order valence-corrected chi connectivity index (χ0v) is 18.0. The Hall–Kier alpha value is -3.49. The van der Waals surface area contributed by atoms with Crippen molar-refractivity contribution >= 4 is 40.0 Å². The van der Waals surface area contributed by atoms with Gasteiger partial charge in [0.1, 0.15) is 17.3 Å². The fourth-order valence-electron chi connectivity index (χ4n) is 4.07. The van der Waals surface area contributed by atoms with Gasteiger partial charge in [0.05, 0.1) is 28.2 Å². The van der Waals surface area contributed by atoms with E-state index in [1.165, 1.54) is 0 Å². The summed E-state index contributed by atoms with van der Waals surface area (Å²) in [5.41, 5.74) is 9.11. The van der Waals surface area contributed by atoms with Gasteiger partial charge >= 0.3 is 0 Å². The highest BCUT2D eigenvalue weighted by molar-refractivity contribution is 6.35. The van der Waals surface area contributed by atoms with Crippen LogP contribution < -0.4 is 16.4 Å². The topological polar surface area (TPSA) is 111 Å². The Kier molecular flexibility index (Phi) is 5.46. The number of nitrogens with two attached hydrogens (primary N) is 1. The Labute approximate surface area is 189 Å². The number of carbonyl (C=O) groups is 1. The Morgan fingerprint density at radius 2 is 2.03 bits per heavy atom. The Morgan fingerprint density at radius 3 is 2.75 bits per heavy atom. The summed E-state index contributed by atoms with van der Waals surface area (Å²) in [6.07, 6.45) is 5.28. The molecule has 1 aliphatic rings. The zero-order chi connectivity index (χ0) is 22.1. The molecule has 1 saturated heterocycles. The van der Waals surface area contributed by atoms with Crippen molar-refractivity contribution in [1.82, 2.24) is 25.1 Å². The Morgan fingerprint density at radius 1 is 1.19 bits per heavy atom. The molecule has 0 spiro atoms. The zero-order valence-electron chi connectivity index (χ0n) is 17.3. The van der Waals surface area contributed by atoms with Gasteiger partial charge in [0.15, 0.2) is 0 Å². The molecule has 5 rings (SSSR count). The molecule has 4 heterocycles. The second kappa shape index (κ2) is 8.57. The molecule has 1 atom stereocenters. The van der Waals surface area contributed by atoms with Crippen molar-refractivity contribution < 1.29 is 4.79 Å². The lowest BCUT2D eigenvalue weighted by molar-refractivity contribution is 0.102. The van der Waals surface area contributed by atoms with Crippen LogP contribution in [-0.2, 0) is 0 Å². The lowest BCUT2D eigenvalue weighted by Crippen LogP contribution is -2.32. The molecule has 0 radical (unpaired) electrons. The fourth-order valence-corrected chi connectivity index (χ4v) is 4.30. The number of halogens is 1. The van der Waals surface area contributed by atoms with E-state index in [-0.39, 0.29) is 11.9 Å². The van der Waals surface area contributed by atoms with Crippen molar-refractivity contribution in [1.29, 1.82) is 0 Å². The van der Waals surface area contributed by atoms with E-state index in [2.05, 4.69) is 20.6 Å². The predicted octanol–water partition coefficient (Wildman–Crippen LogP) is 3.91. The van der Waals surface area contributed by atoms with Crippen molar-refractivity contribution in [2.24, 2.45) is 0 Å². The number of rotatable bonds is 4. The molecular weight excluding hydrogens is 426 g/mol. The first kappa shape index (κ1) is 20.4. The standard InChI is InChI=1S/C23H22ClN7O/c24-17-13-28-22(25)19-20(30-31(21(17)19)16-4-3-10-26-12-16)14-6-8-15(9-7-14)23(32)29-18-5-1-2-11-27-18/h1-2,5-9,11,13,16,26H,3-4,10,12H2,(H2,25,28)(H,27,29,32). The van der Waals surface area contributed by atoms with E-state index in [9.17, 15) is 4.79 Å². The minimum Gasteiger partial charge on any atom is -0.383 e. The van der Waals surface area contributed by atoms with E-state index >= 15 is 0 Å². The summed E-state index contributed by atoms with van der Waals surface area (Å²) >= 11 is 6.54. The molecule has 3 aromatic heterocycles. The summed E-state index contributed by atoms with van der Waals surface area (Å²) in [5.74, 6) is 0.649. The maximum Gasteiger partial charge on any atom is 0.256 e. The number of piperidine rings is 1. The van der Waals surface area contributed by atoms with E-state index in [1.54, 1.807) is 36.7 Å². The van der Waals surface area contributed by atoms with E-state index in [4.69, 9.17) is 22.4 Å². The molecule has 0 saturated carbocycles. The molecule has 0 bridgehead atoms. The molecule has 1 unspecified atom stereocenters. The minimum atomic E-state index is -0.233. The van der Waals surface area contributed by atoms with Crippen LogP contribution in [0.4, 0.5) is 11.6 Å². The molecule has 1 fully saturated rings. The molecule has 162 valence electrons. The summed E-state index contributed by atoms with van der Waals surface area (Å²) in [4.78, 5) is 20.9. The van der Waals surface area contributed by atoms with Gasteiger partial charge in [-0.05, 0) is 43.7 Å². The minimum absolute atomic E-state index is 0.183. The van der Waals surface area contributed by atoms with Crippen LogP contribution in [0.2, 0.25) is 5.02 Å². The van der Waals surface area contributed by atoms with E-state index in [0.717, 1.165) is 42.4 Å². The Bertz CT molecular complexity index is 1270. The number of fused-ring (bicyclic) bond motifs is 1. The first-order chi connectivity index (χ1) is 15.6. The maximum atomic E-state index is 12.6. The Balaban J connectivity index is 1.52. The molecule has 8 nitrogen and oxygen atoms in total. The average molecular weight is 448 g/mol. The molecule has 9 heteroatoms. The van der Waals surface area contributed by atoms with Gasteiger partial charge in [-0.3, -0.25) is 9.48 Å². The highest BCUT2D eigenvalue weighted by Crippen LogP contribution is 2.37. The van der Waals surface area contributed by atoms with E-state index in [0.29, 0.717) is 27.9 Å². The molecule has 1 aliphatic heterocycles. The number of pyridine rings is 2. The number of nitrogen functional groups attached to an aromatic ring is 1. The monoisotopic (exact) mass is 447 g/mol. The van der Waals surface area contributed by atoms with Crippen molar-refractivity contribution in [2.45, 2.75) is 18.9 Å². The van der Waals surface area contributed by atoms with Crippen LogP contribution in [0.3, 0.4) is 0 Å². The van der Waals surface area contributed by atoms with Crippen LogP contribution in [0.15, 0.2) is 54.9 Å². The van der Waals surface area contributed by atoms with Crippen molar-refractivity contribution in [3.05, 3.63) is 65.4 Å². The first-order valence-corrected chi connectivity index (χ1v) is 10.9. The number of benzene rings is 1. The molecule has 0 aliphatic carbocycles. The second-order valence-corrected chi connectivity index (χ2v) is 8.16. The maximum absolute atomic E-state index is 12.6. The lowest BCUT2D eigenvalue weighted by atomic mass is 10.1. The van der Waals surface area contributed by atoms with Gasteiger partial charge in [-0.2, -0.15) is 5.10 Å². The molecule has 4 N–H and O–H groups in total. The van der Waals surface area contributed by atoms with Crippen LogP contribution in [-0.4, -0.2) is 38.7 Å². The lowest BCUT2D eigenvalue weighted by Gasteiger charge is -2.24. The third kappa shape index (κ3) is 3.79. The van der Waals surface area contributed by atoms with Crippen LogP contribution >= 0.6 is 11.6 Å². The van der Waals surface area contributed by atoms with Gasteiger partial charge in [-0.25, -0.2) is 9.97 Å². The summed E-state index contributed by atoms with van der Waals surface area (Å²) in [5, 5.41) is 12.4. The van der Waals surface area contributed by atoms with Crippen LogP contribution in [0.1, 0.15) is 29.2 Å². The number of nitrogens with one attached hydrogen (secondary N) is 2. The summed E-state index contributed by atoms with van der Waals surface area (Å²) in [6.45, 7) is 1.82. The fraction of sp³-hybridized carbons (Fsp3) is 0.217. The number of aromatic nitrogens is 4. The third-order valence-electron chi connectivity index (χ3n) is 5.65. The summed E-state index contributed by atoms with van der Waals surface area (Å²) in [6, 6.07) is 12.8. The number of hydrogen-bond acceptors (Lipinski definition) is 6. The van der Waals surface area contributed by atoms with Gasteiger partial charge in [0.2, 0.25) is 0 Å². The number of amides is 1. The van der Waals surface area contributed by atoms with E-state index in [1.807, 2.05) is 22.9 Å². The van der Waals surface area contributed by atoms with Gasteiger partial charge < -0.3 is 16.4 Å². The highest BCUT2D eigenvalue weighted by Gasteiger charge is 2.24. The van der Waals surface area contributed by atoms with Gasteiger partial charge in [0.25, 0.3) is 5.91 Å². The average Bonchev–Trinajstić information content (AvgIpc) is 3.25. The quantitative estimate of drug-likeness (QED) is 0.437. The SMILES string of the molecule is Nc1ncc(Cl)c2c1c(-c1ccc(C(=O)Nc3ccccn3)cc1)nn2C1CCCNC1.